The molecule has 1 atom stereocenters. The summed E-state index contributed by atoms with van der Waals surface area (Å²) in [6.45, 7) is 0. The van der Waals surface area contributed by atoms with Gasteiger partial charge in [-0.3, -0.25) is 11.3 Å². The van der Waals surface area contributed by atoms with Gasteiger partial charge in [0.2, 0.25) is 0 Å². The molecule has 0 bridgehead atoms. The van der Waals surface area contributed by atoms with E-state index in [1.165, 1.54) is 0 Å². The Hall–Kier alpha value is -1.10. The monoisotopic (exact) mass is 280 g/mol. The van der Waals surface area contributed by atoms with E-state index in [0.717, 1.165) is 22.0 Å². The molecular weight excluding hydrogens is 268 g/mol. The highest BCUT2D eigenvalue weighted by Gasteiger charge is 2.11. The summed E-state index contributed by atoms with van der Waals surface area (Å²) < 4.78 is 6.09. The van der Waals surface area contributed by atoms with E-state index < -0.39 is 0 Å². The van der Waals surface area contributed by atoms with Gasteiger partial charge in [0.15, 0.2) is 0 Å². The van der Waals surface area contributed by atoms with Gasteiger partial charge in [-0.1, -0.05) is 28.1 Å². The van der Waals surface area contributed by atoms with Crippen LogP contribution in [0.2, 0.25) is 0 Å². The van der Waals surface area contributed by atoms with E-state index in [4.69, 9.17) is 10.3 Å². The van der Waals surface area contributed by atoms with E-state index in [9.17, 15) is 0 Å². The van der Waals surface area contributed by atoms with Crippen molar-refractivity contribution in [2.75, 3.05) is 0 Å². The molecule has 4 heteroatoms. The van der Waals surface area contributed by atoms with Gasteiger partial charge in [-0.2, -0.15) is 0 Å². The molecule has 0 saturated carbocycles. The van der Waals surface area contributed by atoms with Gasteiger partial charge < -0.3 is 4.42 Å². The van der Waals surface area contributed by atoms with E-state index in [0.29, 0.717) is 0 Å². The van der Waals surface area contributed by atoms with Crippen LogP contribution in [0.15, 0.2) is 51.7 Å². The Labute approximate surface area is 103 Å². The predicted octanol–water partition coefficient (Wildman–Crippen LogP) is 2.79. The summed E-state index contributed by atoms with van der Waals surface area (Å²) >= 11 is 3.45. The number of hydrogen-bond donors (Lipinski definition) is 2. The topological polar surface area (TPSA) is 51.2 Å². The molecule has 1 heterocycles. The zero-order chi connectivity index (χ0) is 11.4. The Morgan fingerprint density at radius 3 is 2.88 bits per heavy atom. The fraction of sp³-hybridized carbons (Fsp3) is 0.167. The minimum absolute atomic E-state index is 0.0927. The molecule has 1 aromatic carbocycles. The lowest BCUT2D eigenvalue weighted by molar-refractivity contribution is 0.536. The zero-order valence-electron chi connectivity index (χ0n) is 8.69. The molecule has 0 amide bonds. The van der Waals surface area contributed by atoms with Crippen LogP contribution >= 0.6 is 15.9 Å². The van der Waals surface area contributed by atoms with Crippen molar-refractivity contribution in [3.05, 3.63) is 58.5 Å². The molecule has 1 unspecified atom stereocenters. The summed E-state index contributed by atoms with van der Waals surface area (Å²) in [5, 5.41) is 0. The number of hydrazine groups is 1. The SMILES string of the molecule is NNC(Cc1ccoc1)c1cccc(Br)c1. The first-order valence-electron chi connectivity index (χ1n) is 5.02. The number of benzene rings is 1. The average molecular weight is 281 g/mol. The van der Waals surface area contributed by atoms with E-state index in [1.54, 1.807) is 12.5 Å². The number of hydrogen-bond acceptors (Lipinski definition) is 3. The summed E-state index contributed by atoms with van der Waals surface area (Å²) in [6, 6.07) is 10.1. The van der Waals surface area contributed by atoms with Crippen LogP contribution in [0.1, 0.15) is 17.2 Å². The lowest BCUT2D eigenvalue weighted by atomic mass is 10.0. The van der Waals surface area contributed by atoms with Gasteiger partial charge in [0.1, 0.15) is 0 Å². The van der Waals surface area contributed by atoms with Crippen LogP contribution in [-0.2, 0) is 6.42 Å². The van der Waals surface area contributed by atoms with Gasteiger partial charge in [0, 0.05) is 4.47 Å². The van der Waals surface area contributed by atoms with Gasteiger partial charge in [-0.25, -0.2) is 0 Å². The van der Waals surface area contributed by atoms with Gasteiger partial charge >= 0.3 is 0 Å². The highest BCUT2D eigenvalue weighted by Crippen LogP contribution is 2.21. The Morgan fingerprint density at radius 1 is 1.38 bits per heavy atom. The van der Waals surface area contributed by atoms with Crippen molar-refractivity contribution in [1.82, 2.24) is 5.43 Å². The minimum Gasteiger partial charge on any atom is -0.472 e. The van der Waals surface area contributed by atoms with Crippen molar-refractivity contribution in [2.45, 2.75) is 12.5 Å². The van der Waals surface area contributed by atoms with Gasteiger partial charge in [-0.15, -0.1) is 0 Å². The Balaban J connectivity index is 2.16. The average Bonchev–Trinajstić information content (AvgIpc) is 2.78. The third-order valence-electron chi connectivity index (χ3n) is 2.47. The van der Waals surface area contributed by atoms with E-state index in [1.807, 2.05) is 18.2 Å². The molecule has 84 valence electrons. The van der Waals surface area contributed by atoms with Crippen molar-refractivity contribution < 1.29 is 4.42 Å². The Kier molecular flexibility index (Phi) is 3.77. The molecular formula is C12H13BrN2O. The standard InChI is InChI=1S/C12H13BrN2O/c13-11-3-1-2-10(7-11)12(15-14)6-9-4-5-16-8-9/h1-5,7-8,12,15H,6,14H2. The summed E-state index contributed by atoms with van der Waals surface area (Å²) in [6.07, 6.45) is 4.22. The molecule has 0 aliphatic carbocycles. The zero-order valence-corrected chi connectivity index (χ0v) is 10.3. The molecule has 16 heavy (non-hydrogen) atoms. The molecule has 3 nitrogen and oxygen atoms in total. The summed E-state index contributed by atoms with van der Waals surface area (Å²) in [5.74, 6) is 5.58. The highest BCUT2D eigenvalue weighted by molar-refractivity contribution is 9.10. The molecule has 0 fully saturated rings. The van der Waals surface area contributed by atoms with Crippen LogP contribution in [0.5, 0.6) is 0 Å². The van der Waals surface area contributed by atoms with Crippen molar-refractivity contribution in [3.8, 4) is 0 Å². The lowest BCUT2D eigenvalue weighted by Gasteiger charge is -2.15. The number of rotatable bonds is 4. The highest BCUT2D eigenvalue weighted by atomic mass is 79.9. The first-order valence-corrected chi connectivity index (χ1v) is 5.81. The largest absolute Gasteiger partial charge is 0.472 e. The summed E-state index contributed by atoms with van der Waals surface area (Å²) in [5.41, 5.74) is 5.10. The Bertz CT molecular complexity index is 442. The third kappa shape index (κ3) is 2.72. The third-order valence-corrected chi connectivity index (χ3v) is 2.97. The van der Waals surface area contributed by atoms with Gasteiger partial charge in [0.25, 0.3) is 0 Å². The Morgan fingerprint density at radius 2 is 2.25 bits per heavy atom. The van der Waals surface area contributed by atoms with Crippen LogP contribution in [0.25, 0.3) is 0 Å². The maximum atomic E-state index is 5.58. The molecule has 2 rings (SSSR count). The number of halogens is 1. The maximum absolute atomic E-state index is 5.58. The van der Waals surface area contributed by atoms with Crippen molar-refractivity contribution in [1.29, 1.82) is 0 Å². The van der Waals surface area contributed by atoms with Crippen molar-refractivity contribution >= 4 is 15.9 Å². The molecule has 3 N–H and O–H groups in total. The second-order valence-electron chi connectivity index (χ2n) is 3.61. The minimum atomic E-state index is 0.0927. The fourth-order valence-electron chi connectivity index (χ4n) is 1.64. The number of furan rings is 1. The van der Waals surface area contributed by atoms with Gasteiger partial charge in [-0.05, 0) is 35.7 Å². The smallest absolute Gasteiger partial charge is 0.0935 e. The molecule has 0 saturated heterocycles. The molecule has 0 aliphatic heterocycles. The van der Waals surface area contributed by atoms with Crippen LogP contribution in [-0.4, -0.2) is 0 Å². The number of nitrogens with two attached hydrogens (primary N) is 1. The summed E-state index contributed by atoms with van der Waals surface area (Å²) in [4.78, 5) is 0. The molecule has 0 radical (unpaired) electrons. The molecule has 2 aromatic rings. The second kappa shape index (κ2) is 5.30. The van der Waals surface area contributed by atoms with E-state index in [-0.39, 0.29) is 6.04 Å². The second-order valence-corrected chi connectivity index (χ2v) is 4.53. The summed E-state index contributed by atoms with van der Waals surface area (Å²) in [7, 11) is 0. The maximum Gasteiger partial charge on any atom is 0.0935 e. The molecule has 0 aliphatic rings. The number of nitrogens with one attached hydrogen (secondary N) is 1. The predicted molar refractivity (Wildman–Crippen MR) is 66.6 cm³/mol. The van der Waals surface area contributed by atoms with Crippen molar-refractivity contribution in [2.24, 2.45) is 5.84 Å². The normalized spacial score (nSPS) is 12.6. The van der Waals surface area contributed by atoms with E-state index in [2.05, 4.69) is 33.5 Å². The van der Waals surface area contributed by atoms with E-state index >= 15 is 0 Å². The lowest BCUT2D eigenvalue weighted by Crippen LogP contribution is -2.29. The quantitative estimate of drug-likeness (QED) is 0.669. The van der Waals surface area contributed by atoms with Crippen molar-refractivity contribution in [3.63, 3.8) is 0 Å². The molecule has 1 aromatic heterocycles. The van der Waals surface area contributed by atoms with Crippen LogP contribution < -0.4 is 11.3 Å². The van der Waals surface area contributed by atoms with Crippen LogP contribution in [0, 0.1) is 0 Å². The fourth-order valence-corrected chi connectivity index (χ4v) is 2.06. The molecule has 0 spiro atoms. The van der Waals surface area contributed by atoms with Gasteiger partial charge in [0.05, 0.1) is 18.6 Å². The first-order chi connectivity index (χ1) is 7.79. The first kappa shape index (κ1) is 11.4. The van der Waals surface area contributed by atoms with Crippen LogP contribution in [0.3, 0.4) is 0 Å². The van der Waals surface area contributed by atoms with Crippen LogP contribution in [0.4, 0.5) is 0 Å².